The summed E-state index contributed by atoms with van der Waals surface area (Å²) >= 11 is 0. The molecule has 19 heavy (non-hydrogen) atoms. The Labute approximate surface area is 113 Å². The summed E-state index contributed by atoms with van der Waals surface area (Å²) in [5.41, 5.74) is 0. The summed E-state index contributed by atoms with van der Waals surface area (Å²) in [5, 5.41) is 2.94. The van der Waals surface area contributed by atoms with E-state index in [2.05, 4.69) is 5.32 Å². The minimum atomic E-state index is -3.55. The third kappa shape index (κ3) is 3.36. The van der Waals surface area contributed by atoms with Crippen LogP contribution in [0.1, 0.15) is 18.6 Å². The molecule has 1 heterocycles. The van der Waals surface area contributed by atoms with E-state index in [0.717, 1.165) is 12.8 Å². The highest BCUT2D eigenvalue weighted by Gasteiger charge is 2.39. The molecule has 0 amide bonds. The van der Waals surface area contributed by atoms with Gasteiger partial charge in [0.05, 0.1) is 13.2 Å². The number of hydrogen-bond acceptors (Lipinski definition) is 5. The van der Waals surface area contributed by atoms with Gasteiger partial charge in [-0.1, -0.05) is 0 Å². The predicted octanol–water partition coefficient (Wildman–Crippen LogP) is 0.798. The maximum atomic E-state index is 12.5. The molecule has 0 aromatic carbocycles. The largest absolute Gasteiger partial charge is 0.447 e. The normalized spacial score (nSPS) is 16.2. The Hall–Kier alpha value is -0.890. The van der Waals surface area contributed by atoms with Crippen LogP contribution in [0.15, 0.2) is 21.6 Å². The molecule has 1 fully saturated rings. The van der Waals surface area contributed by atoms with Crippen molar-refractivity contribution >= 4 is 10.0 Å². The molecule has 1 saturated carbocycles. The minimum absolute atomic E-state index is 0.0146. The molecule has 1 aliphatic carbocycles. The van der Waals surface area contributed by atoms with Crippen LogP contribution in [0.25, 0.3) is 0 Å². The second kappa shape index (κ2) is 6.04. The van der Waals surface area contributed by atoms with Gasteiger partial charge in [0.2, 0.25) is 5.09 Å². The Bertz CT molecular complexity index is 508. The van der Waals surface area contributed by atoms with Crippen LogP contribution in [0.4, 0.5) is 0 Å². The average molecular weight is 288 g/mol. The van der Waals surface area contributed by atoms with Gasteiger partial charge in [0.1, 0.15) is 5.76 Å². The molecule has 0 spiro atoms. The van der Waals surface area contributed by atoms with Crippen molar-refractivity contribution in [3.63, 3.8) is 0 Å². The minimum Gasteiger partial charge on any atom is -0.447 e. The Morgan fingerprint density at radius 1 is 1.47 bits per heavy atom. The fraction of sp³-hybridized carbons (Fsp3) is 0.667. The number of methoxy groups -OCH3 is 1. The molecule has 6 nitrogen and oxygen atoms in total. The number of sulfonamides is 1. The highest BCUT2D eigenvalue weighted by atomic mass is 32.2. The summed E-state index contributed by atoms with van der Waals surface area (Å²) in [4.78, 5) is 0. The molecule has 2 rings (SSSR count). The van der Waals surface area contributed by atoms with Gasteiger partial charge in [-0.25, -0.2) is 8.42 Å². The molecule has 1 aliphatic rings. The van der Waals surface area contributed by atoms with Crippen LogP contribution in [0.2, 0.25) is 0 Å². The van der Waals surface area contributed by atoms with Crippen molar-refractivity contribution in [2.24, 2.45) is 0 Å². The van der Waals surface area contributed by atoms with Crippen molar-refractivity contribution in [1.29, 1.82) is 0 Å². The molecule has 1 aromatic heterocycles. The second-order valence-corrected chi connectivity index (χ2v) is 6.41. The van der Waals surface area contributed by atoms with E-state index >= 15 is 0 Å². The molecular formula is C12H20N2O4S. The highest BCUT2D eigenvalue weighted by Crippen LogP contribution is 2.32. The Morgan fingerprint density at radius 3 is 2.79 bits per heavy atom. The van der Waals surface area contributed by atoms with E-state index in [9.17, 15) is 8.42 Å². The van der Waals surface area contributed by atoms with Crippen LogP contribution >= 0.6 is 0 Å². The lowest BCUT2D eigenvalue weighted by Crippen LogP contribution is -2.35. The van der Waals surface area contributed by atoms with Gasteiger partial charge in [0.15, 0.2) is 0 Å². The summed E-state index contributed by atoms with van der Waals surface area (Å²) in [5.74, 6) is 0.614. The fourth-order valence-electron chi connectivity index (χ4n) is 1.92. The highest BCUT2D eigenvalue weighted by molar-refractivity contribution is 7.89. The first kappa shape index (κ1) is 14.5. The number of hydrogen-bond donors (Lipinski definition) is 1. The first-order valence-electron chi connectivity index (χ1n) is 6.33. The molecule has 0 aliphatic heterocycles. The van der Waals surface area contributed by atoms with E-state index in [1.54, 1.807) is 20.2 Å². The van der Waals surface area contributed by atoms with Crippen LogP contribution in [0.3, 0.4) is 0 Å². The Morgan fingerprint density at radius 2 is 2.21 bits per heavy atom. The summed E-state index contributed by atoms with van der Waals surface area (Å²) in [6.45, 7) is 1.27. The summed E-state index contributed by atoms with van der Waals surface area (Å²) in [7, 11) is -0.200. The zero-order valence-corrected chi connectivity index (χ0v) is 12.1. The average Bonchev–Trinajstić information content (AvgIpc) is 3.08. The number of rotatable bonds is 8. The Kier molecular flexibility index (Phi) is 4.62. The van der Waals surface area contributed by atoms with Gasteiger partial charge in [-0.15, -0.1) is 0 Å². The van der Waals surface area contributed by atoms with Crippen LogP contribution in [0.5, 0.6) is 0 Å². The van der Waals surface area contributed by atoms with Crippen LogP contribution in [0, 0.1) is 0 Å². The molecule has 0 bridgehead atoms. The molecule has 0 unspecified atom stereocenters. The van der Waals surface area contributed by atoms with Gasteiger partial charge in [0.25, 0.3) is 10.0 Å². The third-order valence-electron chi connectivity index (χ3n) is 3.02. The lowest BCUT2D eigenvalue weighted by Gasteiger charge is -2.19. The third-order valence-corrected chi connectivity index (χ3v) is 4.85. The van der Waals surface area contributed by atoms with Crippen molar-refractivity contribution in [1.82, 2.24) is 9.62 Å². The van der Waals surface area contributed by atoms with Gasteiger partial charge in [0, 0.05) is 19.7 Å². The van der Waals surface area contributed by atoms with Gasteiger partial charge < -0.3 is 14.5 Å². The second-order valence-electron chi connectivity index (χ2n) is 4.59. The van der Waals surface area contributed by atoms with Crippen LogP contribution in [-0.4, -0.2) is 46.1 Å². The van der Waals surface area contributed by atoms with Crippen molar-refractivity contribution in [3.05, 3.63) is 17.9 Å². The van der Waals surface area contributed by atoms with Crippen molar-refractivity contribution in [2.75, 3.05) is 27.3 Å². The standard InChI is InChI=1S/C12H20N2O4S/c1-13-9-11-5-6-12(18-11)19(15,16)14(7-8-17-2)10-3-4-10/h5-6,10,13H,3-4,7-9H2,1-2H3. The van der Waals surface area contributed by atoms with E-state index in [0.29, 0.717) is 25.5 Å². The van der Waals surface area contributed by atoms with Crippen molar-refractivity contribution in [3.8, 4) is 0 Å². The van der Waals surface area contributed by atoms with Gasteiger partial charge >= 0.3 is 0 Å². The zero-order chi connectivity index (χ0) is 13.9. The van der Waals surface area contributed by atoms with Gasteiger partial charge in [-0.2, -0.15) is 4.31 Å². The van der Waals surface area contributed by atoms with Crippen molar-refractivity contribution in [2.45, 2.75) is 30.5 Å². The lowest BCUT2D eigenvalue weighted by atomic mass is 10.4. The summed E-state index contributed by atoms with van der Waals surface area (Å²) in [6.07, 6.45) is 1.82. The number of nitrogens with one attached hydrogen (secondary N) is 1. The molecule has 0 atom stereocenters. The first-order valence-corrected chi connectivity index (χ1v) is 7.77. The predicted molar refractivity (Wildman–Crippen MR) is 70.3 cm³/mol. The lowest BCUT2D eigenvalue weighted by molar-refractivity contribution is 0.176. The molecule has 108 valence electrons. The van der Waals surface area contributed by atoms with E-state index in [1.165, 1.54) is 10.4 Å². The number of ether oxygens (including phenoxy) is 1. The maximum absolute atomic E-state index is 12.5. The molecule has 0 radical (unpaired) electrons. The SMILES string of the molecule is CNCc1ccc(S(=O)(=O)N(CCOC)C2CC2)o1. The molecule has 1 N–H and O–H groups in total. The first-order chi connectivity index (χ1) is 9.09. The monoisotopic (exact) mass is 288 g/mol. The van der Waals surface area contributed by atoms with Gasteiger partial charge in [-0.3, -0.25) is 0 Å². The van der Waals surface area contributed by atoms with Gasteiger partial charge in [-0.05, 0) is 32.0 Å². The van der Waals surface area contributed by atoms with E-state index in [-0.39, 0.29) is 11.1 Å². The Balaban J connectivity index is 2.17. The van der Waals surface area contributed by atoms with Crippen molar-refractivity contribution < 1.29 is 17.6 Å². The molecule has 7 heteroatoms. The maximum Gasteiger partial charge on any atom is 0.276 e. The number of nitrogens with zero attached hydrogens (tertiary/aromatic N) is 1. The van der Waals surface area contributed by atoms with E-state index in [4.69, 9.17) is 9.15 Å². The topological polar surface area (TPSA) is 71.8 Å². The van der Waals surface area contributed by atoms with Crippen LogP contribution < -0.4 is 5.32 Å². The van der Waals surface area contributed by atoms with Crippen LogP contribution in [-0.2, 0) is 21.3 Å². The summed E-state index contributed by atoms with van der Waals surface area (Å²) in [6, 6.07) is 3.30. The van der Waals surface area contributed by atoms with E-state index < -0.39 is 10.0 Å². The quantitative estimate of drug-likeness (QED) is 0.766. The number of furan rings is 1. The fourth-order valence-corrected chi connectivity index (χ4v) is 3.53. The molecular weight excluding hydrogens is 268 g/mol. The van der Waals surface area contributed by atoms with E-state index in [1.807, 2.05) is 0 Å². The smallest absolute Gasteiger partial charge is 0.276 e. The zero-order valence-electron chi connectivity index (χ0n) is 11.3. The molecule has 0 saturated heterocycles. The summed E-state index contributed by atoms with van der Waals surface area (Å²) < 4.78 is 36.8. The molecule has 1 aromatic rings.